The quantitative estimate of drug-likeness (QED) is 0.838. The summed E-state index contributed by atoms with van der Waals surface area (Å²) in [5, 5.41) is 13.2. The molecule has 1 amide bonds. The van der Waals surface area contributed by atoms with Gasteiger partial charge in [-0.1, -0.05) is 12.8 Å². The van der Waals surface area contributed by atoms with Gasteiger partial charge in [0.1, 0.15) is 0 Å². The minimum Gasteiger partial charge on any atom is -0.389 e. The van der Waals surface area contributed by atoms with Gasteiger partial charge in [-0.15, -0.1) is 0 Å². The van der Waals surface area contributed by atoms with Crippen LogP contribution in [0.2, 0.25) is 0 Å². The topological polar surface area (TPSA) is 54.3 Å². The van der Waals surface area contributed by atoms with E-state index in [1.54, 1.807) is 0 Å². The van der Waals surface area contributed by atoms with Gasteiger partial charge in [-0.25, -0.2) is 0 Å². The van der Waals surface area contributed by atoms with Crippen LogP contribution >= 0.6 is 0 Å². The van der Waals surface area contributed by atoms with Crippen LogP contribution < -0.4 is 5.32 Å². The normalized spacial score (nSPS) is 18.9. The first-order valence-corrected chi connectivity index (χ1v) is 7.60. The molecule has 0 bridgehead atoms. The van der Waals surface area contributed by atoms with Gasteiger partial charge in [-0.05, 0) is 44.7 Å². The Labute approximate surface area is 121 Å². The zero-order chi connectivity index (χ0) is 14.6. The number of nitrogens with zero attached hydrogens (tertiary/aromatic N) is 1. The van der Waals surface area contributed by atoms with Gasteiger partial charge in [-0.3, -0.25) is 4.79 Å². The van der Waals surface area contributed by atoms with Gasteiger partial charge in [0.25, 0.3) is 0 Å². The SMILES string of the molecule is CC(CCc1cccn1C)NC(=O)CC1(O)CCCC1. The van der Waals surface area contributed by atoms with Crippen LogP contribution in [0.15, 0.2) is 18.3 Å². The number of carbonyl (C=O) groups is 1. The first-order valence-electron chi connectivity index (χ1n) is 7.60. The molecular formula is C16H26N2O2. The molecule has 112 valence electrons. The molecule has 1 aliphatic carbocycles. The van der Waals surface area contributed by atoms with Crippen molar-refractivity contribution in [3.8, 4) is 0 Å². The number of hydrogen-bond acceptors (Lipinski definition) is 2. The lowest BCUT2D eigenvalue weighted by Crippen LogP contribution is -2.39. The molecule has 1 unspecified atom stereocenters. The summed E-state index contributed by atoms with van der Waals surface area (Å²) >= 11 is 0. The second-order valence-corrected chi connectivity index (χ2v) is 6.23. The fraction of sp³-hybridized carbons (Fsp3) is 0.688. The maximum Gasteiger partial charge on any atom is 0.223 e. The van der Waals surface area contributed by atoms with Crippen LogP contribution in [0.5, 0.6) is 0 Å². The van der Waals surface area contributed by atoms with Gasteiger partial charge >= 0.3 is 0 Å². The standard InChI is InChI=1S/C16H26N2O2/c1-13(7-8-14-6-5-11-18(14)2)17-15(19)12-16(20)9-3-4-10-16/h5-6,11,13,20H,3-4,7-10,12H2,1-2H3,(H,17,19). The fourth-order valence-electron chi connectivity index (χ4n) is 3.03. The highest BCUT2D eigenvalue weighted by Gasteiger charge is 2.33. The first kappa shape index (κ1) is 15.1. The number of carbonyl (C=O) groups excluding carboxylic acids is 1. The predicted octanol–water partition coefficient (Wildman–Crippen LogP) is 2.16. The Morgan fingerprint density at radius 2 is 2.20 bits per heavy atom. The van der Waals surface area contributed by atoms with Crippen LogP contribution in [0.1, 0.15) is 51.1 Å². The Balaban J connectivity index is 1.72. The number of hydrogen-bond donors (Lipinski definition) is 2. The average Bonchev–Trinajstić information content (AvgIpc) is 2.95. The summed E-state index contributed by atoms with van der Waals surface area (Å²) in [6, 6.07) is 4.28. The Morgan fingerprint density at radius 1 is 1.50 bits per heavy atom. The molecule has 0 spiro atoms. The molecule has 1 aromatic rings. The van der Waals surface area contributed by atoms with E-state index >= 15 is 0 Å². The maximum atomic E-state index is 12.0. The van der Waals surface area contributed by atoms with Crippen molar-refractivity contribution in [3.05, 3.63) is 24.0 Å². The number of aryl methyl sites for hydroxylation is 2. The highest BCUT2D eigenvalue weighted by molar-refractivity contribution is 5.77. The number of nitrogens with one attached hydrogen (secondary N) is 1. The molecule has 0 aliphatic heterocycles. The van der Waals surface area contributed by atoms with Crippen LogP contribution in [0.25, 0.3) is 0 Å². The summed E-state index contributed by atoms with van der Waals surface area (Å²) in [6.07, 6.45) is 7.75. The second-order valence-electron chi connectivity index (χ2n) is 6.23. The zero-order valence-electron chi connectivity index (χ0n) is 12.6. The summed E-state index contributed by atoms with van der Waals surface area (Å²) in [5.41, 5.74) is 0.530. The second kappa shape index (κ2) is 6.44. The van der Waals surface area contributed by atoms with Gasteiger partial charge in [0.15, 0.2) is 0 Å². The number of rotatable bonds is 6. The van der Waals surface area contributed by atoms with Crippen LogP contribution in [0.3, 0.4) is 0 Å². The molecule has 0 aromatic carbocycles. The molecule has 1 aromatic heterocycles. The van der Waals surface area contributed by atoms with E-state index < -0.39 is 5.60 Å². The molecule has 1 aliphatic rings. The van der Waals surface area contributed by atoms with Crippen molar-refractivity contribution in [1.82, 2.24) is 9.88 Å². The van der Waals surface area contributed by atoms with Crippen LogP contribution in [0, 0.1) is 0 Å². The van der Waals surface area contributed by atoms with Crippen molar-refractivity contribution >= 4 is 5.91 Å². The third-order valence-electron chi connectivity index (χ3n) is 4.32. The van der Waals surface area contributed by atoms with E-state index in [2.05, 4.69) is 16.0 Å². The molecule has 0 saturated heterocycles. The Hall–Kier alpha value is -1.29. The largest absolute Gasteiger partial charge is 0.389 e. The summed E-state index contributed by atoms with van der Waals surface area (Å²) in [5.74, 6) is -0.0196. The lowest BCUT2D eigenvalue weighted by molar-refractivity contribution is -0.126. The van der Waals surface area contributed by atoms with Crippen molar-refractivity contribution in [1.29, 1.82) is 0 Å². The van der Waals surface area contributed by atoms with Crippen LogP contribution in [-0.4, -0.2) is 27.2 Å². The molecule has 1 saturated carbocycles. The lowest BCUT2D eigenvalue weighted by atomic mass is 9.97. The van der Waals surface area contributed by atoms with Crippen LogP contribution in [-0.2, 0) is 18.3 Å². The zero-order valence-corrected chi connectivity index (χ0v) is 12.6. The molecule has 20 heavy (non-hydrogen) atoms. The average molecular weight is 278 g/mol. The van der Waals surface area contributed by atoms with Crippen molar-refractivity contribution in [3.63, 3.8) is 0 Å². The van der Waals surface area contributed by atoms with Gasteiger partial charge < -0.3 is 15.0 Å². The van der Waals surface area contributed by atoms with E-state index in [4.69, 9.17) is 0 Å². The van der Waals surface area contributed by atoms with E-state index in [1.807, 2.05) is 26.2 Å². The molecular weight excluding hydrogens is 252 g/mol. The third kappa shape index (κ3) is 4.10. The smallest absolute Gasteiger partial charge is 0.223 e. The monoisotopic (exact) mass is 278 g/mol. The van der Waals surface area contributed by atoms with E-state index in [0.29, 0.717) is 0 Å². The van der Waals surface area contributed by atoms with Crippen molar-refractivity contribution < 1.29 is 9.90 Å². The van der Waals surface area contributed by atoms with E-state index in [1.165, 1.54) is 5.69 Å². The van der Waals surface area contributed by atoms with Crippen molar-refractivity contribution in [2.24, 2.45) is 7.05 Å². The summed E-state index contributed by atoms with van der Waals surface area (Å²) in [4.78, 5) is 12.0. The van der Waals surface area contributed by atoms with Crippen LogP contribution in [0.4, 0.5) is 0 Å². The van der Waals surface area contributed by atoms with Gasteiger partial charge in [0.05, 0.1) is 12.0 Å². The Bertz CT molecular complexity index is 447. The fourth-order valence-corrected chi connectivity index (χ4v) is 3.03. The minimum absolute atomic E-state index is 0.0196. The first-order chi connectivity index (χ1) is 9.48. The molecule has 1 heterocycles. The summed E-state index contributed by atoms with van der Waals surface area (Å²) in [7, 11) is 2.04. The molecule has 1 atom stereocenters. The van der Waals surface area contributed by atoms with E-state index in [-0.39, 0.29) is 18.4 Å². The third-order valence-corrected chi connectivity index (χ3v) is 4.32. The lowest BCUT2D eigenvalue weighted by Gasteiger charge is -2.22. The summed E-state index contributed by atoms with van der Waals surface area (Å²) < 4.78 is 2.11. The van der Waals surface area contributed by atoms with Crippen molar-refractivity contribution in [2.75, 3.05) is 0 Å². The Morgan fingerprint density at radius 3 is 2.80 bits per heavy atom. The maximum absolute atomic E-state index is 12.0. The number of aromatic nitrogens is 1. The Kier molecular flexibility index (Phi) is 4.86. The molecule has 2 N–H and O–H groups in total. The highest BCUT2D eigenvalue weighted by Crippen LogP contribution is 2.32. The highest BCUT2D eigenvalue weighted by atomic mass is 16.3. The molecule has 0 radical (unpaired) electrons. The van der Waals surface area contributed by atoms with Gasteiger partial charge in [0.2, 0.25) is 5.91 Å². The van der Waals surface area contributed by atoms with Crippen molar-refractivity contribution in [2.45, 2.75) is 63.5 Å². The predicted molar refractivity (Wildman–Crippen MR) is 79.4 cm³/mol. The molecule has 1 fully saturated rings. The molecule has 4 heteroatoms. The van der Waals surface area contributed by atoms with Gasteiger partial charge in [-0.2, -0.15) is 0 Å². The molecule has 4 nitrogen and oxygen atoms in total. The molecule has 2 rings (SSSR count). The number of amides is 1. The summed E-state index contributed by atoms with van der Waals surface area (Å²) in [6.45, 7) is 2.03. The minimum atomic E-state index is -0.748. The van der Waals surface area contributed by atoms with E-state index in [0.717, 1.165) is 38.5 Å². The number of aliphatic hydroxyl groups is 1. The van der Waals surface area contributed by atoms with E-state index in [9.17, 15) is 9.90 Å². The van der Waals surface area contributed by atoms with Gasteiger partial charge in [0, 0.05) is 25.0 Å².